The lowest BCUT2D eigenvalue weighted by molar-refractivity contribution is -0.121. The molecule has 1 amide bonds. The first-order valence-electron chi connectivity index (χ1n) is 6.22. The Labute approximate surface area is 117 Å². The quantitative estimate of drug-likeness (QED) is 0.887. The van der Waals surface area contributed by atoms with E-state index in [1.807, 2.05) is 0 Å². The SMILES string of the molecule is COc1ccc(F)cc1CC(=O)NC1CCS(=O)(=O)C1. The standard InChI is InChI=1S/C13H16FNO4S/c1-19-12-3-2-10(14)6-9(12)7-13(16)15-11-4-5-20(17,18)8-11/h2-3,6,11H,4-5,7-8H2,1H3,(H,15,16). The van der Waals surface area contributed by atoms with E-state index < -0.39 is 15.7 Å². The minimum absolute atomic E-state index is 0.0287. The smallest absolute Gasteiger partial charge is 0.224 e. The van der Waals surface area contributed by atoms with Crippen LogP contribution in [-0.2, 0) is 21.1 Å². The number of benzene rings is 1. The van der Waals surface area contributed by atoms with Gasteiger partial charge >= 0.3 is 0 Å². The van der Waals surface area contributed by atoms with Gasteiger partial charge in [0, 0.05) is 11.6 Å². The van der Waals surface area contributed by atoms with Crippen LogP contribution in [0, 0.1) is 5.82 Å². The van der Waals surface area contributed by atoms with Crippen molar-refractivity contribution in [1.29, 1.82) is 0 Å². The zero-order chi connectivity index (χ0) is 14.8. The van der Waals surface area contributed by atoms with Crippen LogP contribution in [0.15, 0.2) is 18.2 Å². The number of carbonyl (C=O) groups excluding carboxylic acids is 1. The van der Waals surface area contributed by atoms with E-state index in [9.17, 15) is 17.6 Å². The minimum Gasteiger partial charge on any atom is -0.496 e. The van der Waals surface area contributed by atoms with Gasteiger partial charge in [-0.3, -0.25) is 4.79 Å². The summed E-state index contributed by atoms with van der Waals surface area (Å²) < 4.78 is 40.8. The van der Waals surface area contributed by atoms with E-state index >= 15 is 0 Å². The molecule has 1 heterocycles. The number of nitrogens with one attached hydrogen (secondary N) is 1. The van der Waals surface area contributed by atoms with Gasteiger partial charge in [-0.15, -0.1) is 0 Å². The average molecular weight is 301 g/mol. The fourth-order valence-electron chi connectivity index (χ4n) is 2.25. The van der Waals surface area contributed by atoms with Gasteiger partial charge < -0.3 is 10.1 Å². The summed E-state index contributed by atoms with van der Waals surface area (Å²) >= 11 is 0. The molecule has 0 saturated carbocycles. The maximum Gasteiger partial charge on any atom is 0.224 e. The van der Waals surface area contributed by atoms with Gasteiger partial charge in [-0.05, 0) is 24.6 Å². The Morgan fingerprint density at radius 2 is 2.25 bits per heavy atom. The molecule has 0 aromatic heterocycles. The largest absolute Gasteiger partial charge is 0.496 e. The first-order chi connectivity index (χ1) is 9.39. The molecule has 1 aromatic rings. The zero-order valence-electron chi connectivity index (χ0n) is 11.1. The molecule has 7 heteroatoms. The van der Waals surface area contributed by atoms with Crippen LogP contribution in [0.2, 0.25) is 0 Å². The maximum absolute atomic E-state index is 13.2. The molecule has 110 valence electrons. The number of carbonyl (C=O) groups is 1. The first kappa shape index (κ1) is 14.8. The molecule has 0 bridgehead atoms. The second-order valence-electron chi connectivity index (χ2n) is 4.80. The second-order valence-corrected chi connectivity index (χ2v) is 7.03. The van der Waals surface area contributed by atoms with Gasteiger partial charge in [-0.1, -0.05) is 0 Å². The molecule has 1 aromatic carbocycles. The van der Waals surface area contributed by atoms with Crippen LogP contribution in [0.5, 0.6) is 5.75 Å². The molecule has 1 aliphatic heterocycles. The molecular formula is C13H16FNO4S. The highest BCUT2D eigenvalue weighted by Crippen LogP contribution is 2.20. The lowest BCUT2D eigenvalue weighted by Crippen LogP contribution is -2.36. The molecule has 1 atom stereocenters. The summed E-state index contributed by atoms with van der Waals surface area (Å²) in [7, 11) is -1.59. The van der Waals surface area contributed by atoms with Gasteiger partial charge in [-0.25, -0.2) is 12.8 Å². The fraction of sp³-hybridized carbons (Fsp3) is 0.462. The summed E-state index contributed by atoms with van der Waals surface area (Å²) in [6, 6.07) is 3.60. The van der Waals surface area contributed by atoms with Gasteiger partial charge in [-0.2, -0.15) is 0 Å². The molecule has 2 rings (SSSR count). The topological polar surface area (TPSA) is 72.5 Å². The second kappa shape index (κ2) is 5.78. The fourth-order valence-corrected chi connectivity index (χ4v) is 3.92. The van der Waals surface area contributed by atoms with Crippen LogP contribution < -0.4 is 10.1 Å². The normalized spacial score (nSPS) is 20.6. The Bertz CT molecular complexity index is 615. The Balaban J connectivity index is 2.00. The van der Waals surface area contributed by atoms with Crippen molar-refractivity contribution in [2.45, 2.75) is 18.9 Å². The predicted molar refractivity (Wildman–Crippen MR) is 71.9 cm³/mol. The molecular weight excluding hydrogens is 285 g/mol. The van der Waals surface area contributed by atoms with E-state index in [2.05, 4.69) is 5.32 Å². The number of amides is 1. The third-order valence-corrected chi connectivity index (χ3v) is 4.96. The summed E-state index contributed by atoms with van der Waals surface area (Å²) in [4.78, 5) is 11.9. The number of sulfone groups is 1. The molecule has 1 fully saturated rings. The Kier molecular flexibility index (Phi) is 4.27. The van der Waals surface area contributed by atoms with Crippen molar-refractivity contribution >= 4 is 15.7 Å². The van der Waals surface area contributed by atoms with E-state index in [1.54, 1.807) is 0 Å². The maximum atomic E-state index is 13.2. The molecule has 0 spiro atoms. The third kappa shape index (κ3) is 3.69. The monoisotopic (exact) mass is 301 g/mol. The van der Waals surface area contributed by atoms with Crippen molar-refractivity contribution in [3.05, 3.63) is 29.6 Å². The number of ether oxygens (including phenoxy) is 1. The molecule has 1 unspecified atom stereocenters. The van der Waals surface area contributed by atoms with Gasteiger partial charge in [0.15, 0.2) is 9.84 Å². The van der Waals surface area contributed by atoms with Crippen molar-refractivity contribution in [3.63, 3.8) is 0 Å². The molecule has 0 aliphatic carbocycles. The highest BCUT2D eigenvalue weighted by molar-refractivity contribution is 7.91. The van der Waals surface area contributed by atoms with Crippen LogP contribution in [0.1, 0.15) is 12.0 Å². The first-order valence-corrected chi connectivity index (χ1v) is 8.04. The molecule has 1 aliphatic rings. The number of rotatable bonds is 4. The van der Waals surface area contributed by atoms with Gasteiger partial charge in [0.25, 0.3) is 0 Å². The van der Waals surface area contributed by atoms with Crippen LogP contribution in [0.25, 0.3) is 0 Å². The Morgan fingerprint density at radius 3 is 2.85 bits per heavy atom. The van der Waals surface area contributed by atoms with E-state index in [0.717, 1.165) is 0 Å². The lowest BCUT2D eigenvalue weighted by Gasteiger charge is -2.12. The summed E-state index contributed by atoms with van der Waals surface area (Å²) in [5.74, 6) is -0.283. The Morgan fingerprint density at radius 1 is 1.50 bits per heavy atom. The van der Waals surface area contributed by atoms with Crippen molar-refractivity contribution in [2.75, 3.05) is 18.6 Å². The number of halogens is 1. The number of hydrogen-bond acceptors (Lipinski definition) is 4. The number of methoxy groups -OCH3 is 1. The average Bonchev–Trinajstić information content (AvgIpc) is 2.68. The van der Waals surface area contributed by atoms with Crippen molar-refractivity contribution in [1.82, 2.24) is 5.32 Å². The summed E-state index contributed by atoms with van der Waals surface area (Å²) in [5, 5.41) is 2.66. The van der Waals surface area contributed by atoms with Crippen LogP contribution in [0.3, 0.4) is 0 Å². The lowest BCUT2D eigenvalue weighted by atomic mass is 10.1. The number of hydrogen-bond donors (Lipinski definition) is 1. The highest BCUT2D eigenvalue weighted by Gasteiger charge is 2.28. The van der Waals surface area contributed by atoms with Crippen LogP contribution in [-0.4, -0.2) is 39.0 Å². The molecule has 5 nitrogen and oxygen atoms in total. The van der Waals surface area contributed by atoms with Crippen molar-refractivity contribution in [3.8, 4) is 5.75 Å². The van der Waals surface area contributed by atoms with E-state index in [-0.39, 0.29) is 29.9 Å². The van der Waals surface area contributed by atoms with Gasteiger partial charge in [0.05, 0.1) is 25.0 Å². The summed E-state index contributed by atoms with van der Waals surface area (Å²) in [5.41, 5.74) is 0.436. The third-order valence-electron chi connectivity index (χ3n) is 3.19. The predicted octanol–water partition coefficient (Wildman–Crippen LogP) is 0.680. The van der Waals surface area contributed by atoms with Gasteiger partial charge in [0.1, 0.15) is 11.6 Å². The molecule has 0 radical (unpaired) electrons. The van der Waals surface area contributed by atoms with Crippen LogP contribution in [0.4, 0.5) is 4.39 Å². The summed E-state index contributed by atoms with van der Waals surface area (Å²) in [6.07, 6.45) is 0.381. The highest BCUT2D eigenvalue weighted by atomic mass is 32.2. The van der Waals surface area contributed by atoms with Crippen molar-refractivity contribution in [2.24, 2.45) is 0 Å². The minimum atomic E-state index is -3.03. The molecule has 1 saturated heterocycles. The van der Waals surface area contributed by atoms with Crippen LogP contribution >= 0.6 is 0 Å². The van der Waals surface area contributed by atoms with E-state index in [1.165, 1.54) is 25.3 Å². The zero-order valence-corrected chi connectivity index (χ0v) is 11.9. The van der Waals surface area contributed by atoms with Crippen molar-refractivity contribution < 1.29 is 22.3 Å². The summed E-state index contributed by atoms with van der Waals surface area (Å²) in [6.45, 7) is 0. The Hall–Kier alpha value is -1.63. The van der Waals surface area contributed by atoms with E-state index in [0.29, 0.717) is 17.7 Å². The molecule has 1 N–H and O–H groups in total. The molecule has 20 heavy (non-hydrogen) atoms. The van der Waals surface area contributed by atoms with E-state index in [4.69, 9.17) is 4.74 Å². The van der Waals surface area contributed by atoms with Gasteiger partial charge in [0.2, 0.25) is 5.91 Å².